The Hall–Kier alpha value is -0.260. The van der Waals surface area contributed by atoms with E-state index in [1.54, 1.807) is 0 Å². The number of halogens is 2. The van der Waals surface area contributed by atoms with Gasteiger partial charge in [0.05, 0.1) is 13.2 Å². The second-order valence-corrected chi connectivity index (χ2v) is 1.34. The average molecular weight is 141 g/mol. The van der Waals surface area contributed by atoms with Crippen molar-refractivity contribution in [1.29, 1.82) is 0 Å². The van der Waals surface area contributed by atoms with Gasteiger partial charge in [-0.05, 0) is 0 Å². The van der Waals surface area contributed by atoms with Crippen LogP contribution in [0.2, 0.25) is 0 Å². The highest BCUT2D eigenvalue weighted by Gasteiger charge is 1.99. The van der Waals surface area contributed by atoms with Crippen molar-refractivity contribution in [2.24, 2.45) is 5.90 Å². The lowest BCUT2D eigenvalue weighted by atomic mass is 10.7. The highest BCUT2D eigenvalue weighted by Crippen LogP contribution is 1.91. The quantitative estimate of drug-likeness (QED) is 0.438. The summed E-state index contributed by atoms with van der Waals surface area (Å²) >= 11 is 0. The van der Waals surface area contributed by atoms with Gasteiger partial charge in [0.15, 0.2) is 0 Å². The largest absolute Gasteiger partial charge is 0.373 e. The first-order valence-electron chi connectivity index (χ1n) is 2.45. The number of nitrogens with two attached hydrogens (primary N) is 1. The van der Waals surface area contributed by atoms with Gasteiger partial charge in [-0.2, -0.15) is 0 Å². The van der Waals surface area contributed by atoms with Crippen molar-refractivity contribution in [2.45, 2.75) is 6.43 Å². The molecule has 0 fully saturated rings. The van der Waals surface area contributed by atoms with Gasteiger partial charge in [0.1, 0.15) is 6.61 Å². The summed E-state index contributed by atoms with van der Waals surface area (Å²) in [7, 11) is 0. The number of ether oxygens (including phenoxy) is 1. The molecule has 0 aliphatic carbocycles. The maximum Gasteiger partial charge on any atom is 0.261 e. The summed E-state index contributed by atoms with van der Waals surface area (Å²) in [6, 6.07) is 0. The molecule has 2 N–H and O–H groups in total. The monoisotopic (exact) mass is 141 g/mol. The van der Waals surface area contributed by atoms with E-state index < -0.39 is 13.0 Å². The Kier molecular flexibility index (Phi) is 5.70. The molecule has 5 heteroatoms. The number of hydrogen-bond donors (Lipinski definition) is 1. The van der Waals surface area contributed by atoms with Crippen LogP contribution in [0.3, 0.4) is 0 Å². The Morgan fingerprint density at radius 3 is 2.44 bits per heavy atom. The van der Waals surface area contributed by atoms with Crippen LogP contribution in [0.1, 0.15) is 0 Å². The van der Waals surface area contributed by atoms with E-state index in [1.807, 2.05) is 0 Å². The van der Waals surface area contributed by atoms with Gasteiger partial charge in [0, 0.05) is 0 Å². The minimum absolute atomic E-state index is 0.112. The Labute approximate surface area is 51.7 Å². The Morgan fingerprint density at radius 2 is 2.00 bits per heavy atom. The Bertz CT molecular complexity index is 62.5. The molecular formula is C4H9F2NO2. The third kappa shape index (κ3) is 7.74. The number of rotatable bonds is 5. The van der Waals surface area contributed by atoms with Crippen LogP contribution >= 0.6 is 0 Å². The summed E-state index contributed by atoms with van der Waals surface area (Å²) in [5.41, 5.74) is 0. The molecule has 56 valence electrons. The molecule has 0 heterocycles. The van der Waals surface area contributed by atoms with Gasteiger partial charge in [0.25, 0.3) is 6.43 Å². The fraction of sp³-hybridized carbons (Fsp3) is 1.00. The zero-order valence-electron chi connectivity index (χ0n) is 4.85. The Morgan fingerprint density at radius 1 is 1.33 bits per heavy atom. The van der Waals surface area contributed by atoms with Crippen molar-refractivity contribution in [3.05, 3.63) is 0 Å². The van der Waals surface area contributed by atoms with E-state index in [4.69, 9.17) is 0 Å². The second kappa shape index (κ2) is 5.87. The van der Waals surface area contributed by atoms with Crippen LogP contribution in [0.15, 0.2) is 0 Å². The van der Waals surface area contributed by atoms with Gasteiger partial charge >= 0.3 is 0 Å². The van der Waals surface area contributed by atoms with Crippen LogP contribution in [0.4, 0.5) is 8.78 Å². The minimum Gasteiger partial charge on any atom is -0.373 e. The maximum atomic E-state index is 11.3. The summed E-state index contributed by atoms with van der Waals surface area (Å²) in [5.74, 6) is 4.58. The molecule has 3 nitrogen and oxygen atoms in total. The van der Waals surface area contributed by atoms with E-state index in [1.165, 1.54) is 0 Å². The fourth-order valence-corrected chi connectivity index (χ4v) is 0.279. The Balaban J connectivity index is 2.75. The molecule has 0 saturated carbocycles. The van der Waals surface area contributed by atoms with Crippen molar-refractivity contribution in [1.82, 2.24) is 0 Å². The lowest BCUT2D eigenvalue weighted by molar-refractivity contribution is -0.00941. The van der Waals surface area contributed by atoms with E-state index >= 15 is 0 Å². The van der Waals surface area contributed by atoms with Crippen molar-refractivity contribution in [3.8, 4) is 0 Å². The molecule has 0 atom stereocenters. The molecule has 0 aromatic heterocycles. The molecular weight excluding hydrogens is 132 g/mol. The fourth-order valence-electron chi connectivity index (χ4n) is 0.279. The van der Waals surface area contributed by atoms with E-state index in [-0.39, 0.29) is 13.2 Å². The smallest absolute Gasteiger partial charge is 0.261 e. The molecule has 0 aromatic rings. The van der Waals surface area contributed by atoms with Gasteiger partial charge < -0.3 is 9.57 Å². The first-order chi connectivity index (χ1) is 4.27. The summed E-state index contributed by atoms with van der Waals surface area (Å²) in [4.78, 5) is 4.05. The van der Waals surface area contributed by atoms with Crippen molar-refractivity contribution >= 4 is 0 Å². The third-order valence-electron chi connectivity index (χ3n) is 0.589. The van der Waals surface area contributed by atoms with Gasteiger partial charge in [-0.3, -0.25) is 0 Å². The summed E-state index contributed by atoms with van der Waals surface area (Å²) in [5, 5.41) is 0. The van der Waals surface area contributed by atoms with Crippen molar-refractivity contribution < 1.29 is 18.4 Å². The molecule has 0 rings (SSSR count). The van der Waals surface area contributed by atoms with Gasteiger partial charge in [-0.15, -0.1) is 0 Å². The first-order valence-corrected chi connectivity index (χ1v) is 2.45. The van der Waals surface area contributed by atoms with Crippen molar-refractivity contribution in [2.75, 3.05) is 19.8 Å². The van der Waals surface area contributed by atoms with Gasteiger partial charge in [0.2, 0.25) is 0 Å². The molecule has 0 aromatic carbocycles. The molecule has 0 bridgehead atoms. The topological polar surface area (TPSA) is 44.5 Å². The SMILES string of the molecule is NOCCOCC(F)F. The minimum atomic E-state index is -2.41. The van der Waals surface area contributed by atoms with E-state index in [0.717, 1.165) is 0 Å². The number of alkyl halides is 2. The molecule has 0 saturated heterocycles. The van der Waals surface area contributed by atoms with Crippen LogP contribution < -0.4 is 5.90 Å². The standard InChI is InChI=1S/C4H9F2NO2/c5-4(6)3-8-1-2-9-7/h4H,1-3,7H2. The zero-order valence-corrected chi connectivity index (χ0v) is 4.85. The van der Waals surface area contributed by atoms with Crippen LogP contribution in [0, 0.1) is 0 Å². The lowest BCUT2D eigenvalue weighted by Crippen LogP contribution is -2.11. The molecule has 9 heavy (non-hydrogen) atoms. The maximum absolute atomic E-state index is 11.3. The normalized spacial score (nSPS) is 10.7. The molecule has 0 radical (unpaired) electrons. The first kappa shape index (κ1) is 8.74. The van der Waals surface area contributed by atoms with Crippen molar-refractivity contribution in [3.63, 3.8) is 0 Å². The predicted octanol–water partition coefficient (Wildman–Crippen LogP) is 0.158. The zero-order chi connectivity index (χ0) is 7.11. The summed E-state index contributed by atoms with van der Waals surface area (Å²) in [6.45, 7) is -0.295. The van der Waals surface area contributed by atoms with E-state index in [9.17, 15) is 8.78 Å². The van der Waals surface area contributed by atoms with Gasteiger partial charge in [-0.25, -0.2) is 14.7 Å². The second-order valence-electron chi connectivity index (χ2n) is 1.34. The number of hydrogen-bond acceptors (Lipinski definition) is 3. The predicted molar refractivity (Wildman–Crippen MR) is 27.0 cm³/mol. The molecule has 0 aliphatic rings. The lowest BCUT2D eigenvalue weighted by Gasteiger charge is -2.00. The average Bonchev–Trinajstić information content (AvgIpc) is 1.80. The molecule has 0 aliphatic heterocycles. The van der Waals surface area contributed by atoms with Gasteiger partial charge in [-0.1, -0.05) is 0 Å². The van der Waals surface area contributed by atoms with E-state index in [0.29, 0.717) is 0 Å². The molecule has 0 amide bonds. The van der Waals surface area contributed by atoms with Crippen LogP contribution in [0.5, 0.6) is 0 Å². The molecule has 0 unspecified atom stereocenters. The highest BCUT2D eigenvalue weighted by atomic mass is 19.3. The molecule has 0 spiro atoms. The van der Waals surface area contributed by atoms with Crippen LogP contribution in [0.25, 0.3) is 0 Å². The highest BCUT2D eigenvalue weighted by molar-refractivity contribution is 4.32. The summed E-state index contributed by atoms with van der Waals surface area (Å²) in [6.07, 6.45) is -2.41. The van der Waals surface area contributed by atoms with Crippen LogP contribution in [-0.2, 0) is 9.57 Å². The third-order valence-corrected chi connectivity index (χ3v) is 0.589. The van der Waals surface area contributed by atoms with E-state index in [2.05, 4.69) is 15.5 Å². The van der Waals surface area contributed by atoms with Crippen LogP contribution in [-0.4, -0.2) is 26.2 Å². The summed E-state index contributed by atoms with van der Waals surface area (Å²) < 4.78 is 26.9.